The van der Waals surface area contributed by atoms with E-state index >= 15 is 0 Å². The van der Waals surface area contributed by atoms with Gasteiger partial charge < -0.3 is 10.5 Å². The molecule has 2 aromatic carbocycles. The van der Waals surface area contributed by atoms with E-state index in [0.29, 0.717) is 19.4 Å². The molecule has 0 spiro atoms. The van der Waals surface area contributed by atoms with Gasteiger partial charge in [0.05, 0.1) is 12.2 Å². The summed E-state index contributed by atoms with van der Waals surface area (Å²) in [5.74, 6) is 0.928. The fourth-order valence-electron chi connectivity index (χ4n) is 2.75. The Bertz CT molecular complexity index is 664. The normalized spacial score (nSPS) is 13.3. The summed E-state index contributed by atoms with van der Waals surface area (Å²) in [6, 6.07) is 13.6. The Labute approximate surface area is 124 Å². The number of ketones is 1. The van der Waals surface area contributed by atoms with Gasteiger partial charge in [0.1, 0.15) is 5.75 Å². The Morgan fingerprint density at radius 1 is 1.19 bits per heavy atom. The molecule has 0 saturated carbocycles. The van der Waals surface area contributed by atoms with Crippen molar-refractivity contribution in [3.63, 3.8) is 0 Å². The van der Waals surface area contributed by atoms with Gasteiger partial charge in [0.15, 0.2) is 5.78 Å². The quantitative estimate of drug-likeness (QED) is 0.690. The van der Waals surface area contributed by atoms with Gasteiger partial charge in [0.2, 0.25) is 0 Å². The van der Waals surface area contributed by atoms with Crippen molar-refractivity contribution in [3.05, 3.63) is 59.2 Å². The van der Waals surface area contributed by atoms with Crippen LogP contribution in [0.1, 0.15) is 34.3 Å². The molecule has 0 aliphatic carbocycles. The monoisotopic (exact) mass is 281 g/mol. The third kappa shape index (κ3) is 3.07. The van der Waals surface area contributed by atoms with Crippen molar-refractivity contribution in [1.29, 1.82) is 0 Å². The lowest BCUT2D eigenvalue weighted by Gasteiger charge is -2.19. The lowest BCUT2D eigenvalue weighted by atomic mass is 9.97. The maximum Gasteiger partial charge on any atom is 0.166 e. The van der Waals surface area contributed by atoms with Gasteiger partial charge in [0.25, 0.3) is 0 Å². The average molecular weight is 281 g/mol. The molecule has 21 heavy (non-hydrogen) atoms. The minimum atomic E-state index is 0.135. The van der Waals surface area contributed by atoms with Crippen LogP contribution in [0.5, 0.6) is 5.75 Å². The summed E-state index contributed by atoms with van der Waals surface area (Å²) in [5.41, 5.74) is 9.46. The first-order chi connectivity index (χ1) is 10.2. The molecule has 2 N–H and O–H groups in total. The second-order valence-electron chi connectivity index (χ2n) is 5.41. The Morgan fingerprint density at radius 3 is 2.90 bits per heavy atom. The molecule has 0 aromatic heterocycles. The second-order valence-corrected chi connectivity index (χ2v) is 5.41. The first-order valence-electron chi connectivity index (χ1n) is 7.36. The van der Waals surface area contributed by atoms with Gasteiger partial charge in [-0.1, -0.05) is 24.3 Å². The van der Waals surface area contributed by atoms with Crippen molar-refractivity contribution in [3.8, 4) is 5.75 Å². The molecule has 3 nitrogen and oxygen atoms in total. The molecule has 2 aromatic rings. The van der Waals surface area contributed by atoms with Crippen molar-refractivity contribution in [2.75, 3.05) is 12.3 Å². The molecule has 3 heteroatoms. The first kappa shape index (κ1) is 13.7. The zero-order chi connectivity index (χ0) is 14.7. The summed E-state index contributed by atoms with van der Waals surface area (Å²) in [6.45, 7) is 0.701. The lowest BCUT2D eigenvalue weighted by molar-refractivity contribution is 0.0978. The van der Waals surface area contributed by atoms with Crippen LogP contribution >= 0.6 is 0 Å². The predicted molar refractivity (Wildman–Crippen MR) is 83.8 cm³/mol. The number of ether oxygens (including phenoxy) is 1. The van der Waals surface area contributed by atoms with Gasteiger partial charge in [0, 0.05) is 12.1 Å². The van der Waals surface area contributed by atoms with Crippen LogP contribution in [0.25, 0.3) is 0 Å². The van der Waals surface area contributed by atoms with E-state index < -0.39 is 0 Å². The molecule has 0 radical (unpaired) electrons. The topological polar surface area (TPSA) is 52.3 Å². The fraction of sp³-hybridized carbons (Fsp3) is 0.278. The summed E-state index contributed by atoms with van der Waals surface area (Å²) >= 11 is 0. The summed E-state index contributed by atoms with van der Waals surface area (Å²) < 4.78 is 5.71. The number of Topliss-reactive ketones (excluding diaryl/α,β-unsaturated/α-hetero) is 1. The number of para-hydroxylation sites is 1. The molecule has 108 valence electrons. The standard InChI is InChI=1S/C18H19NO2/c19-15-7-1-4-13(12-15)9-10-17(20)16-8-2-5-14-6-3-11-21-18(14)16/h1-2,4-5,7-8,12H,3,6,9-11,19H2. The SMILES string of the molecule is Nc1cccc(CCC(=O)c2cccc3c2OCCC3)c1. The number of anilines is 1. The minimum Gasteiger partial charge on any atom is -0.493 e. The molecule has 0 unspecified atom stereocenters. The van der Waals surface area contributed by atoms with E-state index in [9.17, 15) is 4.79 Å². The van der Waals surface area contributed by atoms with E-state index in [1.54, 1.807) is 0 Å². The van der Waals surface area contributed by atoms with E-state index in [0.717, 1.165) is 41.0 Å². The van der Waals surface area contributed by atoms with Crippen LogP contribution in [-0.4, -0.2) is 12.4 Å². The van der Waals surface area contributed by atoms with Gasteiger partial charge in [-0.05, 0) is 48.6 Å². The van der Waals surface area contributed by atoms with Gasteiger partial charge >= 0.3 is 0 Å². The summed E-state index contributed by atoms with van der Waals surface area (Å²) in [4.78, 5) is 12.5. The van der Waals surface area contributed by atoms with E-state index in [1.807, 2.05) is 42.5 Å². The predicted octanol–water partition coefficient (Wildman–Crippen LogP) is 3.41. The van der Waals surface area contributed by atoms with Crippen LogP contribution in [0.4, 0.5) is 5.69 Å². The molecule has 1 aliphatic heterocycles. The van der Waals surface area contributed by atoms with Crippen LogP contribution in [0.2, 0.25) is 0 Å². The second kappa shape index (κ2) is 6.00. The average Bonchev–Trinajstić information content (AvgIpc) is 2.52. The van der Waals surface area contributed by atoms with Gasteiger partial charge in [-0.25, -0.2) is 0 Å². The van der Waals surface area contributed by atoms with E-state index in [1.165, 1.54) is 0 Å². The number of nitrogen functional groups attached to an aromatic ring is 1. The molecule has 3 rings (SSSR count). The van der Waals surface area contributed by atoms with Crippen LogP contribution in [0.3, 0.4) is 0 Å². The Morgan fingerprint density at radius 2 is 2.05 bits per heavy atom. The highest BCUT2D eigenvalue weighted by atomic mass is 16.5. The third-order valence-electron chi connectivity index (χ3n) is 3.83. The molecule has 1 heterocycles. The first-order valence-corrected chi connectivity index (χ1v) is 7.36. The summed E-state index contributed by atoms with van der Waals surface area (Å²) in [7, 11) is 0. The highest BCUT2D eigenvalue weighted by Crippen LogP contribution is 2.30. The smallest absolute Gasteiger partial charge is 0.166 e. The highest BCUT2D eigenvalue weighted by Gasteiger charge is 2.18. The Balaban J connectivity index is 1.74. The maximum absolute atomic E-state index is 12.5. The molecule has 0 fully saturated rings. The molecular formula is C18H19NO2. The van der Waals surface area contributed by atoms with E-state index in [-0.39, 0.29) is 5.78 Å². The fourth-order valence-corrected chi connectivity index (χ4v) is 2.75. The van der Waals surface area contributed by atoms with E-state index in [4.69, 9.17) is 10.5 Å². The zero-order valence-electron chi connectivity index (χ0n) is 12.0. The number of aryl methyl sites for hydroxylation is 2. The number of carbonyl (C=O) groups is 1. The van der Waals surface area contributed by atoms with Gasteiger partial charge in [-0.15, -0.1) is 0 Å². The number of benzene rings is 2. The van der Waals surface area contributed by atoms with Crippen molar-refractivity contribution in [1.82, 2.24) is 0 Å². The van der Waals surface area contributed by atoms with Crippen molar-refractivity contribution in [2.24, 2.45) is 0 Å². The number of rotatable bonds is 4. The van der Waals surface area contributed by atoms with Crippen LogP contribution in [0, 0.1) is 0 Å². The zero-order valence-corrected chi connectivity index (χ0v) is 12.0. The third-order valence-corrected chi connectivity index (χ3v) is 3.83. The largest absolute Gasteiger partial charge is 0.493 e. The van der Waals surface area contributed by atoms with Gasteiger partial charge in [-0.3, -0.25) is 4.79 Å². The molecule has 0 saturated heterocycles. The van der Waals surface area contributed by atoms with Crippen LogP contribution < -0.4 is 10.5 Å². The molecule has 0 atom stereocenters. The van der Waals surface area contributed by atoms with Crippen LogP contribution in [-0.2, 0) is 12.8 Å². The van der Waals surface area contributed by atoms with E-state index in [2.05, 4.69) is 0 Å². The van der Waals surface area contributed by atoms with Crippen LogP contribution in [0.15, 0.2) is 42.5 Å². The minimum absolute atomic E-state index is 0.135. The number of carbonyl (C=O) groups excluding carboxylic acids is 1. The highest BCUT2D eigenvalue weighted by molar-refractivity contribution is 5.99. The maximum atomic E-state index is 12.5. The summed E-state index contributed by atoms with van der Waals surface area (Å²) in [5, 5.41) is 0. The summed E-state index contributed by atoms with van der Waals surface area (Å²) in [6.07, 6.45) is 3.19. The van der Waals surface area contributed by atoms with Gasteiger partial charge in [-0.2, -0.15) is 0 Å². The number of hydrogen-bond acceptors (Lipinski definition) is 3. The molecular weight excluding hydrogens is 262 g/mol. The number of fused-ring (bicyclic) bond motifs is 1. The van der Waals surface area contributed by atoms with Crippen molar-refractivity contribution in [2.45, 2.75) is 25.7 Å². The van der Waals surface area contributed by atoms with Crippen molar-refractivity contribution >= 4 is 11.5 Å². The molecule has 0 amide bonds. The molecule has 1 aliphatic rings. The molecule has 0 bridgehead atoms. The Hall–Kier alpha value is -2.29. The van der Waals surface area contributed by atoms with Crippen molar-refractivity contribution < 1.29 is 9.53 Å². The number of nitrogens with two attached hydrogens (primary N) is 1. The number of hydrogen-bond donors (Lipinski definition) is 1. The Kier molecular flexibility index (Phi) is 3.91. The lowest BCUT2D eigenvalue weighted by Crippen LogP contribution is -2.13.